The predicted octanol–water partition coefficient (Wildman–Crippen LogP) is 2.22. The lowest BCUT2D eigenvalue weighted by Crippen LogP contribution is -2.26. The van der Waals surface area contributed by atoms with Crippen LogP contribution in [0.25, 0.3) is 0 Å². The first-order chi connectivity index (χ1) is 7.40. The third kappa shape index (κ3) is 2.80. The Morgan fingerprint density at radius 1 is 1.27 bits per heavy atom. The van der Waals surface area contributed by atoms with Crippen molar-refractivity contribution in [2.24, 2.45) is 0 Å². The summed E-state index contributed by atoms with van der Waals surface area (Å²) in [5, 5.41) is 6.74. The standard InChI is InChI=1S/C13H20N2/c1-14-10-11-5-7-12(8-6-11)13-4-2-3-9-15-13/h5-8,13-15H,2-4,9-10H2,1H3. The summed E-state index contributed by atoms with van der Waals surface area (Å²) in [6.45, 7) is 2.13. The Bertz CT molecular complexity index is 286. The summed E-state index contributed by atoms with van der Waals surface area (Å²) in [5.41, 5.74) is 2.80. The van der Waals surface area contributed by atoms with E-state index >= 15 is 0 Å². The Labute approximate surface area is 92.1 Å². The van der Waals surface area contributed by atoms with E-state index in [4.69, 9.17) is 0 Å². The van der Waals surface area contributed by atoms with Crippen LogP contribution in [0, 0.1) is 0 Å². The van der Waals surface area contributed by atoms with Gasteiger partial charge in [-0.05, 0) is 37.6 Å². The van der Waals surface area contributed by atoms with E-state index in [1.54, 1.807) is 0 Å². The number of hydrogen-bond donors (Lipinski definition) is 2. The Kier molecular flexibility index (Phi) is 3.75. The average molecular weight is 204 g/mol. The highest BCUT2D eigenvalue weighted by Gasteiger charge is 2.13. The van der Waals surface area contributed by atoms with Crippen molar-refractivity contribution in [3.63, 3.8) is 0 Å². The SMILES string of the molecule is CNCc1ccc(C2CCCCN2)cc1. The summed E-state index contributed by atoms with van der Waals surface area (Å²) in [4.78, 5) is 0. The maximum absolute atomic E-state index is 3.57. The van der Waals surface area contributed by atoms with E-state index < -0.39 is 0 Å². The van der Waals surface area contributed by atoms with Crippen molar-refractivity contribution >= 4 is 0 Å². The Hall–Kier alpha value is -0.860. The van der Waals surface area contributed by atoms with Crippen molar-refractivity contribution < 1.29 is 0 Å². The molecule has 1 aliphatic heterocycles. The molecule has 0 bridgehead atoms. The minimum Gasteiger partial charge on any atom is -0.316 e. The van der Waals surface area contributed by atoms with Gasteiger partial charge in [0.2, 0.25) is 0 Å². The second kappa shape index (κ2) is 5.29. The van der Waals surface area contributed by atoms with Crippen LogP contribution in [0.2, 0.25) is 0 Å². The molecule has 1 heterocycles. The zero-order valence-electron chi connectivity index (χ0n) is 9.42. The Morgan fingerprint density at radius 3 is 2.67 bits per heavy atom. The second-order valence-electron chi connectivity index (χ2n) is 4.27. The maximum atomic E-state index is 3.57. The molecular weight excluding hydrogens is 184 g/mol. The second-order valence-corrected chi connectivity index (χ2v) is 4.27. The average Bonchev–Trinajstić information content (AvgIpc) is 2.32. The lowest BCUT2D eigenvalue weighted by Gasteiger charge is -2.23. The number of rotatable bonds is 3. The fraction of sp³-hybridized carbons (Fsp3) is 0.538. The van der Waals surface area contributed by atoms with E-state index in [1.807, 2.05) is 7.05 Å². The van der Waals surface area contributed by atoms with Crippen molar-refractivity contribution in [2.75, 3.05) is 13.6 Å². The van der Waals surface area contributed by atoms with Gasteiger partial charge in [0.25, 0.3) is 0 Å². The van der Waals surface area contributed by atoms with E-state index in [2.05, 4.69) is 34.9 Å². The van der Waals surface area contributed by atoms with Gasteiger partial charge in [-0.25, -0.2) is 0 Å². The van der Waals surface area contributed by atoms with Gasteiger partial charge in [0, 0.05) is 12.6 Å². The van der Waals surface area contributed by atoms with E-state index in [1.165, 1.54) is 36.9 Å². The molecule has 1 aromatic rings. The van der Waals surface area contributed by atoms with E-state index in [0.717, 1.165) is 6.54 Å². The zero-order valence-corrected chi connectivity index (χ0v) is 9.42. The Balaban J connectivity index is 2.02. The predicted molar refractivity (Wildman–Crippen MR) is 63.8 cm³/mol. The lowest BCUT2D eigenvalue weighted by molar-refractivity contribution is 0.412. The molecule has 82 valence electrons. The molecule has 1 unspecified atom stereocenters. The largest absolute Gasteiger partial charge is 0.316 e. The molecule has 1 saturated heterocycles. The fourth-order valence-corrected chi connectivity index (χ4v) is 2.21. The highest BCUT2D eigenvalue weighted by molar-refractivity contribution is 5.25. The van der Waals surface area contributed by atoms with E-state index in [0.29, 0.717) is 6.04 Å². The molecule has 1 atom stereocenters. The zero-order chi connectivity index (χ0) is 10.5. The van der Waals surface area contributed by atoms with Gasteiger partial charge in [0.05, 0.1) is 0 Å². The van der Waals surface area contributed by atoms with Crippen molar-refractivity contribution in [2.45, 2.75) is 31.8 Å². The Morgan fingerprint density at radius 2 is 2.07 bits per heavy atom. The van der Waals surface area contributed by atoms with Gasteiger partial charge in [-0.15, -0.1) is 0 Å². The summed E-state index contributed by atoms with van der Waals surface area (Å²) in [6.07, 6.45) is 3.97. The quantitative estimate of drug-likeness (QED) is 0.789. The van der Waals surface area contributed by atoms with E-state index in [-0.39, 0.29) is 0 Å². The molecule has 15 heavy (non-hydrogen) atoms. The topological polar surface area (TPSA) is 24.1 Å². The molecule has 0 amide bonds. The number of hydrogen-bond acceptors (Lipinski definition) is 2. The number of piperidine rings is 1. The van der Waals surface area contributed by atoms with Crippen molar-refractivity contribution in [3.8, 4) is 0 Å². The smallest absolute Gasteiger partial charge is 0.0320 e. The van der Waals surface area contributed by atoms with Crippen LogP contribution in [0.1, 0.15) is 36.4 Å². The van der Waals surface area contributed by atoms with Gasteiger partial charge < -0.3 is 10.6 Å². The molecule has 1 fully saturated rings. The molecule has 2 rings (SSSR count). The molecule has 0 radical (unpaired) electrons. The third-order valence-electron chi connectivity index (χ3n) is 3.07. The van der Waals surface area contributed by atoms with Crippen LogP contribution in [-0.2, 0) is 6.54 Å². The van der Waals surface area contributed by atoms with Crippen LogP contribution in [0.15, 0.2) is 24.3 Å². The first kappa shape index (κ1) is 10.7. The van der Waals surface area contributed by atoms with Gasteiger partial charge in [0.15, 0.2) is 0 Å². The van der Waals surface area contributed by atoms with Crippen LogP contribution in [0.5, 0.6) is 0 Å². The molecule has 2 N–H and O–H groups in total. The number of benzene rings is 1. The van der Waals surface area contributed by atoms with Crippen molar-refractivity contribution in [1.82, 2.24) is 10.6 Å². The summed E-state index contributed by atoms with van der Waals surface area (Å²) in [7, 11) is 1.98. The minimum atomic E-state index is 0.586. The van der Waals surface area contributed by atoms with Crippen LogP contribution < -0.4 is 10.6 Å². The summed E-state index contributed by atoms with van der Waals surface area (Å²) >= 11 is 0. The van der Waals surface area contributed by atoms with Gasteiger partial charge in [-0.1, -0.05) is 30.7 Å². The molecule has 1 aromatic carbocycles. The fourth-order valence-electron chi connectivity index (χ4n) is 2.21. The van der Waals surface area contributed by atoms with Crippen LogP contribution in [0.3, 0.4) is 0 Å². The molecule has 2 nitrogen and oxygen atoms in total. The molecule has 2 heteroatoms. The van der Waals surface area contributed by atoms with Crippen LogP contribution in [-0.4, -0.2) is 13.6 Å². The highest BCUT2D eigenvalue weighted by atomic mass is 14.9. The maximum Gasteiger partial charge on any atom is 0.0320 e. The van der Waals surface area contributed by atoms with Gasteiger partial charge in [-0.2, -0.15) is 0 Å². The summed E-state index contributed by atoms with van der Waals surface area (Å²) < 4.78 is 0. The number of nitrogens with one attached hydrogen (secondary N) is 2. The molecule has 0 aromatic heterocycles. The summed E-state index contributed by atoms with van der Waals surface area (Å²) in [6, 6.07) is 9.55. The van der Waals surface area contributed by atoms with Gasteiger partial charge >= 0.3 is 0 Å². The molecule has 0 spiro atoms. The van der Waals surface area contributed by atoms with Crippen LogP contribution in [0.4, 0.5) is 0 Å². The van der Waals surface area contributed by atoms with Crippen LogP contribution >= 0.6 is 0 Å². The monoisotopic (exact) mass is 204 g/mol. The molecule has 0 aliphatic carbocycles. The van der Waals surface area contributed by atoms with E-state index in [9.17, 15) is 0 Å². The van der Waals surface area contributed by atoms with Gasteiger partial charge in [-0.3, -0.25) is 0 Å². The van der Waals surface area contributed by atoms with Crippen molar-refractivity contribution in [3.05, 3.63) is 35.4 Å². The first-order valence-electron chi connectivity index (χ1n) is 5.87. The third-order valence-corrected chi connectivity index (χ3v) is 3.07. The summed E-state index contributed by atoms with van der Waals surface area (Å²) in [5.74, 6) is 0. The van der Waals surface area contributed by atoms with Crippen molar-refractivity contribution in [1.29, 1.82) is 0 Å². The molecular formula is C13H20N2. The molecule has 0 saturated carbocycles. The molecule has 1 aliphatic rings. The lowest BCUT2D eigenvalue weighted by atomic mass is 9.97. The first-order valence-corrected chi connectivity index (χ1v) is 5.87. The minimum absolute atomic E-state index is 0.586. The normalized spacial score (nSPS) is 21.5. The van der Waals surface area contributed by atoms with Gasteiger partial charge in [0.1, 0.15) is 0 Å². The highest BCUT2D eigenvalue weighted by Crippen LogP contribution is 2.22.